The molecule has 0 spiro atoms. The second-order valence-electron chi connectivity index (χ2n) is 2.07. The minimum absolute atomic E-state index is 0.0116. The third-order valence-corrected chi connectivity index (χ3v) is 1.99. The maximum atomic E-state index is 11.8. The summed E-state index contributed by atoms with van der Waals surface area (Å²) in [4.78, 5) is 4.38. The van der Waals surface area contributed by atoms with Crippen molar-refractivity contribution in [3.63, 3.8) is 0 Å². The molecule has 0 saturated carbocycles. The molecule has 0 aliphatic rings. The van der Waals surface area contributed by atoms with Crippen LogP contribution in [0.3, 0.4) is 0 Å². The van der Waals surface area contributed by atoms with Gasteiger partial charge in [0.15, 0.2) is 0 Å². The van der Waals surface area contributed by atoms with Crippen molar-refractivity contribution in [1.82, 2.24) is 4.98 Å². The van der Waals surface area contributed by atoms with Crippen molar-refractivity contribution in [3.05, 3.63) is 16.6 Å². The van der Waals surface area contributed by atoms with Gasteiger partial charge in [-0.2, -0.15) is 0 Å². The van der Waals surface area contributed by atoms with E-state index in [0.717, 1.165) is 0 Å². The van der Waals surface area contributed by atoms with Crippen molar-refractivity contribution >= 4 is 11.3 Å². The van der Waals surface area contributed by atoms with E-state index in [4.69, 9.17) is 5.11 Å². The first kappa shape index (κ1) is 8.55. The van der Waals surface area contributed by atoms with Gasteiger partial charge < -0.3 is 5.11 Å². The highest BCUT2D eigenvalue weighted by Crippen LogP contribution is 2.12. The van der Waals surface area contributed by atoms with Crippen LogP contribution < -0.4 is 0 Å². The monoisotopic (exact) mass is 179 g/mol. The maximum Gasteiger partial charge on any atom is 0.264 e. The number of halogens is 2. The molecule has 1 heterocycles. The standard InChI is InChI=1S/C6H7F2NOS/c7-6(8)5(10)1-4-2-9-3-11-4/h2-3,5-6,10H,1H2. The largest absolute Gasteiger partial charge is 0.387 e. The molecule has 1 rings (SSSR count). The number of aromatic nitrogens is 1. The molecule has 0 radical (unpaired) electrons. The number of hydrogen-bond donors (Lipinski definition) is 1. The van der Waals surface area contributed by atoms with Gasteiger partial charge in [0.1, 0.15) is 6.10 Å². The van der Waals surface area contributed by atoms with Crippen LogP contribution in [0.15, 0.2) is 11.7 Å². The van der Waals surface area contributed by atoms with E-state index in [1.165, 1.54) is 17.5 Å². The molecule has 1 N–H and O–H groups in total. The van der Waals surface area contributed by atoms with Crippen molar-refractivity contribution in [2.75, 3.05) is 0 Å². The lowest BCUT2D eigenvalue weighted by atomic mass is 10.2. The van der Waals surface area contributed by atoms with Gasteiger partial charge in [-0.1, -0.05) is 0 Å². The summed E-state index contributed by atoms with van der Waals surface area (Å²) >= 11 is 1.26. The lowest BCUT2D eigenvalue weighted by Gasteiger charge is -2.05. The maximum absolute atomic E-state index is 11.8. The van der Waals surface area contributed by atoms with E-state index >= 15 is 0 Å². The minimum Gasteiger partial charge on any atom is -0.387 e. The zero-order chi connectivity index (χ0) is 8.27. The number of aliphatic hydroxyl groups is 1. The van der Waals surface area contributed by atoms with Crippen LogP contribution in [0.4, 0.5) is 8.78 Å². The Hall–Kier alpha value is -0.550. The fourth-order valence-electron chi connectivity index (χ4n) is 0.638. The second-order valence-corrected chi connectivity index (χ2v) is 3.04. The summed E-state index contributed by atoms with van der Waals surface area (Å²) in [5, 5.41) is 8.73. The third-order valence-electron chi connectivity index (χ3n) is 1.18. The average molecular weight is 179 g/mol. The normalized spacial score (nSPS) is 13.8. The van der Waals surface area contributed by atoms with Crippen molar-refractivity contribution in [2.24, 2.45) is 0 Å². The Morgan fingerprint density at radius 2 is 2.36 bits per heavy atom. The van der Waals surface area contributed by atoms with Gasteiger partial charge in [0.05, 0.1) is 5.51 Å². The van der Waals surface area contributed by atoms with Crippen LogP contribution in [0.1, 0.15) is 4.88 Å². The van der Waals surface area contributed by atoms with Crippen molar-refractivity contribution in [2.45, 2.75) is 19.0 Å². The van der Waals surface area contributed by atoms with Crippen LogP contribution in [0, 0.1) is 0 Å². The summed E-state index contributed by atoms with van der Waals surface area (Å²) < 4.78 is 23.5. The van der Waals surface area contributed by atoms with E-state index in [9.17, 15) is 8.78 Å². The fraction of sp³-hybridized carbons (Fsp3) is 0.500. The van der Waals surface area contributed by atoms with E-state index in [1.807, 2.05) is 0 Å². The predicted octanol–water partition coefficient (Wildman–Crippen LogP) is 1.31. The van der Waals surface area contributed by atoms with Crippen molar-refractivity contribution < 1.29 is 13.9 Å². The Kier molecular flexibility index (Phi) is 2.90. The molecule has 0 aliphatic heterocycles. The highest BCUT2D eigenvalue weighted by atomic mass is 32.1. The lowest BCUT2D eigenvalue weighted by molar-refractivity contribution is -0.00324. The lowest BCUT2D eigenvalue weighted by Crippen LogP contribution is -2.19. The number of rotatable bonds is 3. The third kappa shape index (κ3) is 2.51. The molecule has 1 aromatic heterocycles. The fourth-order valence-corrected chi connectivity index (χ4v) is 1.28. The molecule has 1 atom stereocenters. The smallest absolute Gasteiger partial charge is 0.264 e. The Labute approximate surface area is 66.5 Å². The highest BCUT2D eigenvalue weighted by Gasteiger charge is 2.17. The predicted molar refractivity (Wildman–Crippen MR) is 37.8 cm³/mol. The van der Waals surface area contributed by atoms with E-state index < -0.39 is 12.5 Å². The zero-order valence-electron chi connectivity index (χ0n) is 5.58. The molecule has 0 fully saturated rings. The van der Waals surface area contributed by atoms with Gasteiger partial charge in [0.2, 0.25) is 0 Å². The molecule has 2 nitrogen and oxygen atoms in total. The average Bonchev–Trinajstić information content (AvgIpc) is 2.39. The van der Waals surface area contributed by atoms with Gasteiger partial charge in [-0.3, -0.25) is 4.98 Å². The number of thiazole rings is 1. The number of nitrogens with zero attached hydrogens (tertiary/aromatic N) is 1. The van der Waals surface area contributed by atoms with E-state index in [2.05, 4.69) is 4.98 Å². The molecule has 0 aromatic carbocycles. The molecule has 0 saturated heterocycles. The Morgan fingerprint density at radius 3 is 2.82 bits per heavy atom. The summed E-state index contributed by atoms with van der Waals surface area (Å²) in [6.07, 6.45) is -2.76. The highest BCUT2D eigenvalue weighted by molar-refractivity contribution is 7.09. The SMILES string of the molecule is OC(Cc1cncs1)C(F)F. The van der Waals surface area contributed by atoms with Crippen LogP contribution in [0.2, 0.25) is 0 Å². The first-order chi connectivity index (χ1) is 5.20. The van der Waals surface area contributed by atoms with Gasteiger partial charge >= 0.3 is 0 Å². The van der Waals surface area contributed by atoms with Gasteiger partial charge in [-0.15, -0.1) is 11.3 Å². The van der Waals surface area contributed by atoms with E-state index in [-0.39, 0.29) is 6.42 Å². The van der Waals surface area contributed by atoms with Crippen LogP contribution in [-0.4, -0.2) is 22.6 Å². The second kappa shape index (κ2) is 3.73. The van der Waals surface area contributed by atoms with Gasteiger partial charge in [-0.05, 0) is 0 Å². The van der Waals surface area contributed by atoms with Crippen molar-refractivity contribution in [3.8, 4) is 0 Å². The Balaban J connectivity index is 2.43. The minimum atomic E-state index is -2.67. The quantitative estimate of drug-likeness (QED) is 0.758. The molecular formula is C6H7F2NOS. The molecular weight excluding hydrogens is 172 g/mol. The van der Waals surface area contributed by atoms with Gasteiger partial charge in [0.25, 0.3) is 6.43 Å². The van der Waals surface area contributed by atoms with Crippen LogP contribution in [0.5, 0.6) is 0 Å². The molecule has 1 unspecified atom stereocenters. The Bertz CT molecular complexity index is 202. The van der Waals surface area contributed by atoms with Crippen LogP contribution in [0.25, 0.3) is 0 Å². The molecule has 0 aliphatic carbocycles. The summed E-state index contributed by atoms with van der Waals surface area (Å²) in [5.41, 5.74) is 1.55. The van der Waals surface area contributed by atoms with Crippen LogP contribution in [-0.2, 0) is 6.42 Å². The molecule has 11 heavy (non-hydrogen) atoms. The van der Waals surface area contributed by atoms with E-state index in [0.29, 0.717) is 4.88 Å². The molecule has 5 heteroatoms. The first-order valence-electron chi connectivity index (χ1n) is 3.03. The van der Waals surface area contributed by atoms with Gasteiger partial charge in [-0.25, -0.2) is 8.78 Å². The first-order valence-corrected chi connectivity index (χ1v) is 3.91. The Morgan fingerprint density at radius 1 is 1.64 bits per heavy atom. The summed E-state index contributed by atoms with van der Waals surface area (Å²) in [6, 6.07) is 0. The van der Waals surface area contributed by atoms with Crippen molar-refractivity contribution in [1.29, 1.82) is 0 Å². The topological polar surface area (TPSA) is 33.1 Å². The molecule has 62 valence electrons. The van der Waals surface area contributed by atoms with Gasteiger partial charge in [0, 0.05) is 17.5 Å². The van der Waals surface area contributed by atoms with Crippen LogP contribution >= 0.6 is 11.3 Å². The zero-order valence-corrected chi connectivity index (χ0v) is 6.39. The number of hydrogen-bond acceptors (Lipinski definition) is 3. The summed E-state index contributed by atoms with van der Waals surface area (Å²) in [6.45, 7) is 0. The van der Waals surface area contributed by atoms with E-state index in [1.54, 1.807) is 5.51 Å². The summed E-state index contributed by atoms with van der Waals surface area (Å²) in [7, 11) is 0. The molecule has 1 aromatic rings. The molecule has 0 amide bonds. The number of aliphatic hydroxyl groups excluding tert-OH is 1. The summed E-state index contributed by atoms with van der Waals surface area (Å²) in [5.74, 6) is 0. The molecule has 0 bridgehead atoms. The number of alkyl halides is 2.